The van der Waals surface area contributed by atoms with E-state index in [0.29, 0.717) is 22.8 Å². The number of rotatable bonds is 2. The van der Waals surface area contributed by atoms with Gasteiger partial charge in [-0.15, -0.1) is 0 Å². The standard InChI is InChI=1S/C11H15BrFN3/c1-2-9-10(13)11(15-7-14-9)16-5-3-4-8(12)6-16/h7-8H,2-6H2,1H3. The minimum atomic E-state index is -0.258. The van der Waals surface area contributed by atoms with Crippen LogP contribution < -0.4 is 4.90 Å². The van der Waals surface area contributed by atoms with Gasteiger partial charge in [0.15, 0.2) is 11.6 Å². The molecule has 0 saturated carbocycles. The topological polar surface area (TPSA) is 29.0 Å². The first-order valence-electron chi connectivity index (χ1n) is 5.60. The second-order valence-electron chi connectivity index (χ2n) is 4.00. The monoisotopic (exact) mass is 287 g/mol. The van der Waals surface area contributed by atoms with Crippen LogP contribution in [0.5, 0.6) is 0 Å². The Morgan fingerprint density at radius 2 is 2.38 bits per heavy atom. The fraction of sp³-hybridized carbons (Fsp3) is 0.636. The van der Waals surface area contributed by atoms with Crippen LogP contribution in [0.1, 0.15) is 25.5 Å². The zero-order valence-corrected chi connectivity index (χ0v) is 10.9. The fourth-order valence-electron chi connectivity index (χ4n) is 1.98. The van der Waals surface area contributed by atoms with E-state index in [0.717, 1.165) is 25.9 Å². The van der Waals surface area contributed by atoms with E-state index in [2.05, 4.69) is 25.9 Å². The summed E-state index contributed by atoms with van der Waals surface area (Å²) in [6.07, 6.45) is 4.27. The van der Waals surface area contributed by atoms with Gasteiger partial charge in [-0.05, 0) is 19.3 Å². The van der Waals surface area contributed by atoms with E-state index < -0.39 is 0 Å². The van der Waals surface area contributed by atoms with Gasteiger partial charge < -0.3 is 4.90 Å². The number of nitrogens with zero attached hydrogens (tertiary/aromatic N) is 3. The number of hydrogen-bond acceptors (Lipinski definition) is 3. The van der Waals surface area contributed by atoms with E-state index in [4.69, 9.17) is 0 Å². The molecule has 1 aliphatic rings. The molecule has 16 heavy (non-hydrogen) atoms. The van der Waals surface area contributed by atoms with Crippen LogP contribution in [-0.2, 0) is 6.42 Å². The third kappa shape index (κ3) is 2.34. The molecule has 1 atom stereocenters. The van der Waals surface area contributed by atoms with E-state index in [-0.39, 0.29) is 5.82 Å². The maximum Gasteiger partial charge on any atom is 0.187 e. The normalized spacial score (nSPS) is 21.2. The van der Waals surface area contributed by atoms with Crippen molar-refractivity contribution in [3.8, 4) is 0 Å². The highest BCUT2D eigenvalue weighted by atomic mass is 79.9. The van der Waals surface area contributed by atoms with Crippen molar-refractivity contribution >= 4 is 21.7 Å². The minimum absolute atomic E-state index is 0.258. The van der Waals surface area contributed by atoms with Gasteiger partial charge in [0.2, 0.25) is 0 Å². The Bertz CT molecular complexity index is 372. The Kier molecular flexibility index (Phi) is 3.74. The van der Waals surface area contributed by atoms with Gasteiger partial charge in [0.25, 0.3) is 0 Å². The molecule has 0 amide bonds. The van der Waals surface area contributed by atoms with Crippen molar-refractivity contribution in [1.29, 1.82) is 0 Å². The van der Waals surface area contributed by atoms with Gasteiger partial charge in [0.1, 0.15) is 6.33 Å². The number of aryl methyl sites for hydroxylation is 1. The molecule has 3 nitrogen and oxygen atoms in total. The number of hydrogen-bond donors (Lipinski definition) is 0. The molecule has 0 N–H and O–H groups in total. The van der Waals surface area contributed by atoms with Gasteiger partial charge in [-0.3, -0.25) is 0 Å². The van der Waals surface area contributed by atoms with E-state index >= 15 is 0 Å². The first-order chi connectivity index (χ1) is 7.72. The number of alkyl halides is 1. The van der Waals surface area contributed by atoms with E-state index in [9.17, 15) is 4.39 Å². The Hall–Kier alpha value is -0.710. The lowest BCUT2D eigenvalue weighted by Crippen LogP contribution is -2.37. The summed E-state index contributed by atoms with van der Waals surface area (Å²) in [5.41, 5.74) is 0.502. The van der Waals surface area contributed by atoms with Gasteiger partial charge in [-0.1, -0.05) is 22.9 Å². The Balaban J connectivity index is 2.25. The van der Waals surface area contributed by atoms with Crippen LogP contribution in [0.4, 0.5) is 10.2 Å². The zero-order valence-electron chi connectivity index (χ0n) is 9.29. The van der Waals surface area contributed by atoms with E-state index in [1.54, 1.807) is 0 Å². The summed E-state index contributed by atoms with van der Waals surface area (Å²) in [6.45, 7) is 3.59. The second kappa shape index (κ2) is 5.08. The lowest BCUT2D eigenvalue weighted by atomic mass is 10.1. The van der Waals surface area contributed by atoms with Gasteiger partial charge in [0, 0.05) is 17.9 Å². The molecule has 1 aromatic rings. The molecule has 2 rings (SSSR count). The van der Waals surface area contributed by atoms with E-state index in [1.165, 1.54) is 6.33 Å². The molecule has 0 spiro atoms. The largest absolute Gasteiger partial charge is 0.353 e. The average molecular weight is 288 g/mol. The fourth-order valence-corrected chi connectivity index (χ4v) is 2.65. The van der Waals surface area contributed by atoms with Crippen LogP contribution in [0.25, 0.3) is 0 Å². The molecule has 0 aliphatic carbocycles. The van der Waals surface area contributed by atoms with Crippen molar-refractivity contribution in [3.05, 3.63) is 17.8 Å². The summed E-state index contributed by atoms with van der Waals surface area (Å²) in [6, 6.07) is 0. The highest BCUT2D eigenvalue weighted by molar-refractivity contribution is 9.09. The van der Waals surface area contributed by atoms with Crippen LogP contribution in [0.15, 0.2) is 6.33 Å². The molecular weight excluding hydrogens is 273 g/mol. The minimum Gasteiger partial charge on any atom is -0.353 e. The highest BCUT2D eigenvalue weighted by Gasteiger charge is 2.22. The summed E-state index contributed by atoms with van der Waals surface area (Å²) >= 11 is 3.58. The molecule has 0 radical (unpaired) electrons. The number of aromatic nitrogens is 2. The Morgan fingerprint density at radius 1 is 1.56 bits per heavy atom. The summed E-state index contributed by atoms with van der Waals surface area (Å²) in [5.74, 6) is 0.197. The third-order valence-corrected chi connectivity index (χ3v) is 3.59. The molecule has 88 valence electrons. The molecule has 1 saturated heterocycles. The molecule has 1 fully saturated rings. The maximum atomic E-state index is 14.0. The summed E-state index contributed by atoms with van der Waals surface area (Å²) in [7, 11) is 0. The Labute approximate surface area is 103 Å². The molecule has 1 aliphatic heterocycles. The molecule has 5 heteroatoms. The number of halogens is 2. The van der Waals surface area contributed by atoms with Crippen LogP contribution in [-0.4, -0.2) is 27.9 Å². The van der Waals surface area contributed by atoms with Crippen LogP contribution >= 0.6 is 15.9 Å². The molecular formula is C11H15BrFN3. The van der Waals surface area contributed by atoms with E-state index in [1.807, 2.05) is 11.8 Å². The second-order valence-corrected chi connectivity index (χ2v) is 5.29. The maximum absolute atomic E-state index is 14.0. The predicted molar refractivity (Wildman–Crippen MR) is 65.5 cm³/mol. The molecule has 0 bridgehead atoms. The van der Waals surface area contributed by atoms with Crippen LogP contribution in [0.3, 0.4) is 0 Å². The number of anilines is 1. The predicted octanol–water partition coefficient (Wildman–Crippen LogP) is 2.54. The quantitative estimate of drug-likeness (QED) is 0.783. The third-order valence-electron chi connectivity index (χ3n) is 2.84. The highest BCUT2D eigenvalue weighted by Crippen LogP contribution is 2.24. The van der Waals surface area contributed by atoms with Gasteiger partial charge in [-0.2, -0.15) is 0 Å². The van der Waals surface area contributed by atoms with Crippen molar-refractivity contribution in [3.63, 3.8) is 0 Å². The molecule has 2 heterocycles. The SMILES string of the molecule is CCc1ncnc(N2CCCC(Br)C2)c1F. The van der Waals surface area contributed by atoms with Gasteiger partial charge in [-0.25, -0.2) is 14.4 Å². The van der Waals surface area contributed by atoms with Crippen molar-refractivity contribution in [2.45, 2.75) is 31.0 Å². The summed E-state index contributed by atoms with van der Waals surface area (Å²) < 4.78 is 14.0. The van der Waals surface area contributed by atoms with Crippen molar-refractivity contribution in [1.82, 2.24) is 9.97 Å². The van der Waals surface area contributed by atoms with Gasteiger partial charge in [0.05, 0.1) is 5.69 Å². The smallest absolute Gasteiger partial charge is 0.187 e. The molecule has 0 aromatic carbocycles. The Morgan fingerprint density at radius 3 is 3.06 bits per heavy atom. The lowest BCUT2D eigenvalue weighted by molar-refractivity contribution is 0.549. The first kappa shape index (κ1) is 11.8. The van der Waals surface area contributed by atoms with Gasteiger partial charge >= 0.3 is 0 Å². The average Bonchev–Trinajstić information content (AvgIpc) is 2.29. The lowest BCUT2D eigenvalue weighted by Gasteiger charge is -2.31. The first-order valence-corrected chi connectivity index (χ1v) is 6.52. The zero-order chi connectivity index (χ0) is 11.5. The molecule has 1 aromatic heterocycles. The van der Waals surface area contributed by atoms with Crippen LogP contribution in [0.2, 0.25) is 0 Å². The molecule has 1 unspecified atom stereocenters. The summed E-state index contributed by atoms with van der Waals surface area (Å²) in [5, 5.41) is 0. The van der Waals surface area contributed by atoms with Crippen molar-refractivity contribution < 1.29 is 4.39 Å². The number of piperidine rings is 1. The summed E-state index contributed by atoms with van der Waals surface area (Å²) in [4.78, 5) is 10.4. The van der Waals surface area contributed by atoms with Crippen molar-refractivity contribution in [2.24, 2.45) is 0 Å². The van der Waals surface area contributed by atoms with Crippen LogP contribution in [0, 0.1) is 5.82 Å². The van der Waals surface area contributed by atoms with Crippen molar-refractivity contribution in [2.75, 3.05) is 18.0 Å².